The lowest BCUT2D eigenvalue weighted by Crippen LogP contribution is -2.61. The molecule has 0 aliphatic carbocycles. The van der Waals surface area contributed by atoms with Gasteiger partial charge >= 0.3 is 0 Å². The maximum atomic E-state index is 12.5. The molecular weight excluding hydrogens is 366 g/mol. The van der Waals surface area contributed by atoms with Crippen molar-refractivity contribution in [1.82, 2.24) is 15.4 Å². The molecule has 2 saturated heterocycles. The highest BCUT2D eigenvalue weighted by atomic mass is 35.5. The van der Waals surface area contributed by atoms with Crippen LogP contribution in [0.25, 0.3) is 0 Å². The van der Waals surface area contributed by atoms with E-state index in [4.69, 9.17) is 20.9 Å². The highest BCUT2D eigenvalue weighted by Crippen LogP contribution is 2.25. The van der Waals surface area contributed by atoms with E-state index in [0.29, 0.717) is 31.9 Å². The van der Waals surface area contributed by atoms with Gasteiger partial charge in [-0.15, -0.1) is 0 Å². The third kappa shape index (κ3) is 4.18. The van der Waals surface area contributed by atoms with Crippen molar-refractivity contribution in [2.45, 2.75) is 37.8 Å². The number of piperidine rings is 1. The number of carbonyl (C=O) groups is 1. The predicted octanol–water partition coefficient (Wildman–Crippen LogP) is 3.06. The Morgan fingerprint density at radius 3 is 2.70 bits per heavy atom. The SMILES string of the molecule is O=C(c1cc(CC2(NCc3ccccc3Cl)COC2)no1)N1CCCCC1. The number of aromatic nitrogens is 1. The fourth-order valence-corrected chi connectivity index (χ4v) is 3.84. The molecule has 0 radical (unpaired) electrons. The van der Waals surface area contributed by atoms with Gasteiger partial charge in [-0.05, 0) is 30.9 Å². The second-order valence-electron chi connectivity index (χ2n) is 7.43. The minimum absolute atomic E-state index is 0.0589. The second-order valence-corrected chi connectivity index (χ2v) is 7.84. The molecule has 0 spiro atoms. The molecule has 6 nitrogen and oxygen atoms in total. The van der Waals surface area contributed by atoms with Gasteiger partial charge < -0.3 is 19.5 Å². The summed E-state index contributed by atoms with van der Waals surface area (Å²) in [6.45, 7) is 3.44. The Morgan fingerprint density at radius 1 is 1.22 bits per heavy atom. The molecule has 1 aromatic heterocycles. The Bertz CT molecular complexity index is 797. The molecule has 1 aromatic carbocycles. The van der Waals surface area contributed by atoms with Crippen LogP contribution in [-0.2, 0) is 17.7 Å². The molecular formula is C20H24ClN3O3. The zero-order chi connectivity index (χ0) is 18.7. The quantitative estimate of drug-likeness (QED) is 0.822. The van der Waals surface area contributed by atoms with E-state index in [0.717, 1.165) is 42.2 Å². The summed E-state index contributed by atoms with van der Waals surface area (Å²) in [6, 6.07) is 9.56. The third-order valence-electron chi connectivity index (χ3n) is 5.30. The average molecular weight is 390 g/mol. The maximum absolute atomic E-state index is 12.5. The molecule has 2 aliphatic rings. The Hall–Kier alpha value is -1.89. The zero-order valence-electron chi connectivity index (χ0n) is 15.2. The van der Waals surface area contributed by atoms with Gasteiger partial charge in [0.2, 0.25) is 5.76 Å². The number of amides is 1. The lowest BCUT2D eigenvalue weighted by molar-refractivity contribution is -0.0755. The van der Waals surface area contributed by atoms with Crippen LogP contribution in [-0.4, -0.2) is 47.8 Å². The molecule has 7 heteroatoms. The number of nitrogens with one attached hydrogen (secondary N) is 1. The van der Waals surface area contributed by atoms with Crippen LogP contribution in [0.1, 0.15) is 41.1 Å². The van der Waals surface area contributed by atoms with E-state index in [9.17, 15) is 4.79 Å². The van der Waals surface area contributed by atoms with E-state index in [1.807, 2.05) is 29.2 Å². The van der Waals surface area contributed by atoms with Crippen molar-refractivity contribution in [2.24, 2.45) is 0 Å². The van der Waals surface area contributed by atoms with E-state index >= 15 is 0 Å². The Morgan fingerprint density at radius 2 is 2.00 bits per heavy atom. The molecule has 144 valence electrons. The highest BCUT2D eigenvalue weighted by molar-refractivity contribution is 6.31. The molecule has 2 aromatic rings. The van der Waals surface area contributed by atoms with Crippen LogP contribution < -0.4 is 5.32 Å². The van der Waals surface area contributed by atoms with Gasteiger partial charge in [0.1, 0.15) is 0 Å². The fraction of sp³-hybridized carbons (Fsp3) is 0.500. The molecule has 2 aliphatic heterocycles. The van der Waals surface area contributed by atoms with Crippen LogP contribution in [0.2, 0.25) is 5.02 Å². The summed E-state index contributed by atoms with van der Waals surface area (Å²) >= 11 is 6.25. The molecule has 2 fully saturated rings. The molecule has 0 atom stereocenters. The molecule has 4 rings (SSSR count). The largest absolute Gasteiger partial charge is 0.377 e. The number of nitrogens with zero attached hydrogens (tertiary/aromatic N) is 2. The monoisotopic (exact) mass is 389 g/mol. The van der Waals surface area contributed by atoms with Crippen molar-refractivity contribution in [1.29, 1.82) is 0 Å². The van der Waals surface area contributed by atoms with Gasteiger partial charge in [0.05, 0.1) is 24.4 Å². The van der Waals surface area contributed by atoms with Gasteiger partial charge in [-0.2, -0.15) is 0 Å². The van der Waals surface area contributed by atoms with Crippen LogP contribution >= 0.6 is 11.6 Å². The van der Waals surface area contributed by atoms with E-state index in [1.54, 1.807) is 6.07 Å². The van der Waals surface area contributed by atoms with Crippen molar-refractivity contribution in [2.75, 3.05) is 26.3 Å². The van der Waals surface area contributed by atoms with Crippen molar-refractivity contribution >= 4 is 17.5 Å². The summed E-state index contributed by atoms with van der Waals surface area (Å²) < 4.78 is 10.8. The topological polar surface area (TPSA) is 67.6 Å². The first kappa shape index (κ1) is 18.5. The number of likely N-dealkylation sites (tertiary alicyclic amines) is 1. The highest BCUT2D eigenvalue weighted by Gasteiger charge is 2.39. The summed E-state index contributed by atoms with van der Waals surface area (Å²) in [5.41, 5.74) is 1.61. The fourth-order valence-electron chi connectivity index (χ4n) is 3.64. The first-order valence-corrected chi connectivity index (χ1v) is 9.84. The average Bonchev–Trinajstić information content (AvgIpc) is 3.13. The number of ether oxygens (including phenoxy) is 1. The molecule has 0 bridgehead atoms. The molecule has 0 saturated carbocycles. The number of benzene rings is 1. The van der Waals surface area contributed by atoms with Gasteiger partial charge in [0, 0.05) is 37.1 Å². The second kappa shape index (κ2) is 8.00. The maximum Gasteiger partial charge on any atom is 0.292 e. The molecule has 1 N–H and O–H groups in total. The number of rotatable bonds is 6. The van der Waals surface area contributed by atoms with Gasteiger partial charge in [-0.3, -0.25) is 4.79 Å². The summed E-state index contributed by atoms with van der Waals surface area (Å²) in [6.07, 6.45) is 3.94. The van der Waals surface area contributed by atoms with Crippen molar-refractivity contribution < 1.29 is 14.1 Å². The Labute approximate surface area is 163 Å². The lowest BCUT2D eigenvalue weighted by Gasteiger charge is -2.42. The van der Waals surface area contributed by atoms with E-state index in [1.165, 1.54) is 6.42 Å². The number of carbonyl (C=O) groups excluding carboxylic acids is 1. The van der Waals surface area contributed by atoms with E-state index in [2.05, 4.69) is 10.5 Å². The van der Waals surface area contributed by atoms with E-state index < -0.39 is 0 Å². The normalized spacial score (nSPS) is 18.9. The van der Waals surface area contributed by atoms with Crippen LogP contribution in [0.5, 0.6) is 0 Å². The molecule has 1 amide bonds. The minimum Gasteiger partial charge on any atom is -0.377 e. The van der Waals surface area contributed by atoms with Gasteiger partial charge in [0.25, 0.3) is 5.91 Å². The predicted molar refractivity (Wildman–Crippen MR) is 102 cm³/mol. The molecule has 0 unspecified atom stereocenters. The summed E-state index contributed by atoms with van der Waals surface area (Å²) in [7, 11) is 0. The lowest BCUT2D eigenvalue weighted by atomic mass is 9.90. The van der Waals surface area contributed by atoms with Crippen LogP contribution in [0.4, 0.5) is 0 Å². The van der Waals surface area contributed by atoms with Crippen LogP contribution in [0, 0.1) is 0 Å². The molecule has 3 heterocycles. The first-order chi connectivity index (χ1) is 13.2. The standard InChI is InChI=1S/C20H24ClN3O3/c21-17-7-3-2-6-15(17)12-22-20(13-26-14-20)11-16-10-18(27-23-16)19(25)24-8-4-1-5-9-24/h2-3,6-7,10,22H,1,4-5,8-9,11-14H2. The van der Waals surface area contributed by atoms with Crippen LogP contribution in [0.15, 0.2) is 34.9 Å². The van der Waals surface area contributed by atoms with Gasteiger partial charge in [-0.1, -0.05) is 35.0 Å². The first-order valence-electron chi connectivity index (χ1n) is 9.46. The van der Waals surface area contributed by atoms with Crippen molar-refractivity contribution in [3.8, 4) is 0 Å². The summed E-state index contributed by atoms with van der Waals surface area (Å²) in [5.74, 6) is 0.268. The summed E-state index contributed by atoms with van der Waals surface area (Å²) in [4.78, 5) is 14.4. The Kier molecular flexibility index (Phi) is 5.48. The summed E-state index contributed by atoms with van der Waals surface area (Å²) in [5, 5.41) is 8.43. The van der Waals surface area contributed by atoms with Crippen molar-refractivity contribution in [3.05, 3.63) is 52.4 Å². The van der Waals surface area contributed by atoms with Gasteiger partial charge in [0.15, 0.2) is 0 Å². The number of hydrogen-bond donors (Lipinski definition) is 1. The number of halogens is 1. The van der Waals surface area contributed by atoms with E-state index in [-0.39, 0.29) is 11.4 Å². The smallest absolute Gasteiger partial charge is 0.292 e. The third-order valence-corrected chi connectivity index (χ3v) is 5.67. The Balaban J connectivity index is 1.39. The molecule has 27 heavy (non-hydrogen) atoms. The van der Waals surface area contributed by atoms with Crippen LogP contribution in [0.3, 0.4) is 0 Å². The zero-order valence-corrected chi connectivity index (χ0v) is 16.0. The minimum atomic E-state index is -0.207. The van der Waals surface area contributed by atoms with Crippen molar-refractivity contribution in [3.63, 3.8) is 0 Å². The number of hydrogen-bond acceptors (Lipinski definition) is 5. The van der Waals surface area contributed by atoms with Gasteiger partial charge in [-0.25, -0.2) is 0 Å².